The first-order valence-corrected chi connectivity index (χ1v) is 6.81. The highest BCUT2D eigenvalue weighted by Gasteiger charge is 2.09. The fourth-order valence-corrected chi connectivity index (χ4v) is 2.29. The van der Waals surface area contributed by atoms with E-state index < -0.39 is 0 Å². The van der Waals surface area contributed by atoms with E-state index >= 15 is 0 Å². The third-order valence-electron chi connectivity index (χ3n) is 3.45. The standard InChI is InChI=1S/C18H15N3/c1-3-14-9-10-17-16(11-14)18(20-12-19-17)21-13(2)15-7-5-4-6-8-15/h1,4-13H,2H3,(H,19,20,21)/t13-/m1/s1. The molecule has 0 aliphatic rings. The Labute approximate surface area is 124 Å². The number of benzene rings is 2. The summed E-state index contributed by atoms with van der Waals surface area (Å²) >= 11 is 0. The first kappa shape index (κ1) is 13.1. The summed E-state index contributed by atoms with van der Waals surface area (Å²) in [5.74, 6) is 3.45. The van der Waals surface area contributed by atoms with Crippen LogP contribution in [0.4, 0.5) is 5.82 Å². The molecule has 0 fully saturated rings. The van der Waals surface area contributed by atoms with Crippen LogP contribution in [0.1, 0.15) is 24.1 Å². The Morgan fingerprint density at radius 3 is 2.67 bits per heavy atom. The van der Waals surface area contributed by atoms with E-state index in [0.717, 1.165) is 22.3 Å². The van der Waals surface area contributed by atoms with Gasteiger partial charge in [-0.05, 0) is 30.7 Å². The van der Waals surface area contributed by atoms with Crippen LogP contribution < -0.4 is 5.32 Å². The van der Waals surface area contributed by atoms with Gasteiger partial charge < -0.3 is 5.32 Å². The molecule has 0 aliphatic carbocycles. The van der Waals surface area contributed by atoms with Gasteiger partial charge in [0.1, 0.15) is 12.1 Å². The molecule has 3 rings (SSSR count). The van der Waals surface area contributed by atoms with E-state index in [1.165, 1.54) is 5.56 Å². The normalized spacial score (nSPS) is 11.8. The molecule has 1 N–H and O–H groups in total. The highest BCUT2D eigenvalue weighted by molar-refractivity contribution is 5.90. The number of terminal acetylenes is 1. The summed E-state index contributed by atoms with van der Waals surface area (Å²) in [4.78, 5) is 8.63. The SMILES string of the molecule is C#Cc1ccc2ncnc(N[C@H](C)c3ccccc3)c2c1. The Morgan fingerprint density at radius 2 is 1.90 bits per heavy atom. The van der Waals surface area contributed by atoms with Gasteiger partial charge in [-0.3, -0.25) is 0 Å². The van der Waals surface area contributed by atoms with Gasteiger partial charge in [0, 0.05) is 17.0 Å². The van der Waals surface area contributed by atoms with Crippen LogP contribution in [0.5, 0.6) is 0 Å². The average Bonchev–Trinajstić information content (AvgIpc) is 2.55. The lowest BCUT2D eigenvalue weighted by Gasteiger charge is -2.16. The molecular weight excluding hydrogens is 258 g/mol. The maximum Gasteiger partial charge on any atom is 0.137 e. The Morgan fingerprint density at radius 1 is 1.10 bits per heavy atom. The third kappa shape index (κ3) is 2.70. The molecule has 0 spiro atoms. The van der Waals surface area contributed by atoms with E-state index in [2.05, 4.69) is 40.3 Å². The molecule has 1 atom stereocenters. The molecule has 3 nitrogen and oxygen atoms in total. The third-order valence-corrected chi connectivity index (χ3v) is 3.45. The van der Waals surface area contributed by atoms with Crippen LogP contribution in [0.2, 0.25) is 0 Å². The summed E-state index contributed by atoms with van der Waals surface area (Å²) in [7, 11) is 0. The van der Waals surface area contributed by atoms with Gasteiger partial charge >= 0.3 is 0 Å². The minimum absolute atomic E-state index is 0.152. The van der Waals surface area contributed by atoms with Crippen molar-refractivity contribution in [2.24, 2.45) is 0 Å². The summed E-state index contributed by atoms with van der Waals surface area (Å²) in [6.07, 6.45) is 7.04. The van der Waals surface area contributed by atoms with Crippen LogP contribution in [0, 0.1) is 12.3 Å². The van der Waals surface area contributed by atoms with Gasteiger partial charge in [-0.2, -0.15) is 0 Å². The Balaban J connectivity index is 1.99. The van der Waals surface area contributed by atoms with Crippen molar-refractivity contribution in [1.82, 2.24) is 9.97 Å². The number of aromatic nitrogens is 2. The van der Waals surface area contributed by atoms with E-state index in [0.29, 0.717) is 0 Å². The van der Waals surface area contributed by atoms with Crippen molar-refractivity contribution in [3.05, 3.63) is 66.0 Å². The van der Waals surface area contributed by atoms with Gasteiger partial charge in [0.25, 0.3) is 0 Å². The molecule has 1 aromatic heterocycles. The fraction of sp³-hybridized carbons (Fsp3) is 0.111. The molecule has 1 heterocycles. The van der Waals surface area contributed by atoms with E-state index in [-0.39, 0.29) is 6.04 Å². The second-order valence-corrected chi connectivity index (χ2v) is 4.88. The number of hydrogen-bond donors (Lipinski definition) is 1. The zero-order valence-electron chi connectivity index (χ0n) is 11.7. The van der Waals surface area contributed by atoms with Gasteiger partial charge in [-0.25, -0.2) is 9.97 Å². The lowest BCUT2D eigenvalue weighted by atomic mass is 10.1. The van der Waals surface area contributed by atoms with Crippen LogP contribution >= 0.6 is 0 Å². The van der Waals surface area contributed by atoms with Crippen molar-refractivity contribution in [2.75, 3.05) is 5.32 Å². The maximum absolute atomic E-state index is 5.47. The van der Waals surface area contributed by atoms with Gasteiger partial charge in [0.2, 0.25) is 0 Å². The highest BCUT2D eigenvalue weighted by Crippen LogP contribution is 2.24. The molecule has 0 radical (unpaired) electrons. The maximum atomic E-state index is 5.47. The second-order valence-electron chi connectivity index (χ2n) is 4.88. The molecule has 0 unspecified atom stereocenters. The largest absolute Gasteiger partial charge is 0.363 e. The molecule has 0 saturated heterocycles. The molecule has 0 saturated carbocycles. The van der Waals surface area contributed by atoms with Crippen molar-refractivity contribution in [3.63, 3.8) is 0 Å². The predicted octanol–water partition coefficient (Wildman–Crippen LogP) is 3.78. The molecular formula is C18H15N3. The fourth-order valence-electron chi connectivity index (χ4n) is 2.29. The van der Waals surface area contributed by atoms with Gasteiger partial charge in [-0.15, -0.1) is 6.42 Å². The van der Waals surface area contributed by atoms with Crippen LogP contribution in [-0.2, 0) is 0 Å². The van der Waals surface area contributed by atoms with Crippen LogP contribution in [-0.4, -0.2) is 9.97 Å². The van der Waals surface area contributed by atoms with E-state index in [4.69, 9.17) is 6.42 Å². The number of hydrogen-bond acceptors (Lipinski definition) is 3. The molecule has 21 heavy (non-hydrogen) atoms. The van der Waals surface area contributed by atoms with Crippen LogP contribution in [0.25, 0.3) is 10.9 Å². The van der Waals surface area contributed by atoms with Crippen molar-refractivity contribution in [3.8, 4) is 12.3 Å². The monoisotopic (exact) mass is 273 g/mol. The molecule has 0 bridgehead atoms. The summed E-state index contributed by atoms with van der Waals surface area (Å²) in [5.41, 5.74) is 2.91. The molecule has 0 amide bonds. The molecule has 0 aliphatic heterocycles. The van der Waals surface area contributed by atoms with E-state index in [9.17, 15) is 0 Å². The summed E-state index contributed by atoms with van der Waals surface area (Å²) in [6.45, 7) is 2.11. The molecule has 3 aromatic rings. The summed E-state index contributed by atoms with van der Waals surface area (Å²) < 4.78 is 0. The molecule has 102 valence electrons. The van der Waals surface area contributed by atoms with E-state index in [1.807, 2.05) is 36.4 Å². The van der Waals surface area contributed by atoms with Crippen LogP contribution in [0.15, 0.2) is 54.9 Å². The number of anilines is 1. The zero-order valence-corrected chi connectivity index (χ0v) is 11.7. The Bertz CT molecular complexity index is 804. The summed E-state index contributed by atoms with van der Waals surface area (Å²) in [5, 5.41) is 4.37. The lowest BCUT2D eigenvalue weighted by Crippen LogP contribution is -2.08. The first-order chi connectivity index (χ1) is 10.3. The topological polar surface area (TPSA) is 37.8 Å². The Hall–Kier alpha value is -2.86. The number of nitrogens with zero attached hydrogens (tertiary/aromatic N) is 2. The quantitative estimate of drug-likeness (QED) is 0.738. The minimum atomic E-state index is 0.152. The lowest BCUT2D eigenvalue weighted by molar-refractivity contribution is 0.876. The number of rotatable bonds is 3. The average molecular weight is 273 g/mol. The first-order valence-electron chi connectivity index (χ1n) is 6.81. The second kappa shape index (κ2) is 5.64. The van der Waals surface area contributed by atoms with Gasteiger partial charge in [-0.1, -0.05) is 36.3 Å². The highest BCUT2D eigenvalue weighted by atomic mass is 15.0. The van der Waals surface area contributed by atoms with Crippen molar-refractivity contribution in [2.45, 2.75) is 13.0 Å². The van der Waals surface area contributed by atoms with Crippen LogP contribution in [0.3, 0.4) is 0 Å². The summed E-state index contributed by atoms with van der Waals surface area (Å²) in [6, 6.07) is 16.2. The van der Waals surface area contributed by atoms with Crippen molar-refractivity contribution in [1.29, 1.82) is 0 Å². The van der Waals surface area contributed by atoms with Crippen molar-refractivity contribution >= 4 is 16.7 Å². The molecule has 2 aromatic carbocycles. The van der Waals surface area contributed by atoms with Gasteiger partial charge in [0.15, 0.2) is 0 Å². The smallest absolute Gasteiger partial charge is 0.137 e. The van der Waals surface area contributed by atoms with E-state index in [1.54, 1.807) is 6.33 Å². The predicted molar refractivity (Wildman–Crippen MR) is 86.0 cm³/mol. The van der Waals surface area contributed by atoms with Crippen molar-refractivity contribution < 1.29 is 0 Å². The number of nitrogens with one attached hydrogen (secondary N) is 1. The van der Waals surface area contributed by atoms with Gasteiger partial charge in [0.05, 0.1) is 5.52 Å². The number of fused-ring (bicyclic) bond motifs is 1. The zero-order chi connectivity index (χ0) is 14.7. The Kier molecular flexibility index (Phi) is 3.53. The molecule has 3 heteroatoms. The minimum Gasteiger partial charge on any atom is -0.363 e.